The number of amides is 1. The number of carbonyl (C=O) groups is 2. The molecule has 0 aliphatic carbocycles. The van der Waals surface area contributed by atoms with Crippen LogP contribution in [0.1, 0.15) is 10.4 Å². The molecule has 3 aromatic rings. The predicted molar refractivity (Wildman–Crippen MR) is 110 cm³/mol. The molecule has 13 heteroatoms. The average molecular weight is 456 g/mol. The highest BCUT2D eigenvalue weighted by molar-refractivity contribution is 7.86. The zero-order valence-electron chi connectivity index (χ0n) is 15.8. The first-order chi connectivity index (χ1) is 15.1. The van der Waals surface area contributed by atoms with E-state index in [2.05, 4.69) is 15.5 Å². The van der Waals surface area contributed by atoms with E-state index in [4.69, 9.17) is 0 Å². The van der Waals surface area contributed by atoms with Crippen LogP contribution in [-0.4, -0.2) is 40.7 Å². The molecular weight excluding hydrogens is 444 g/mol. The molecular formula is C19H12N4O8S. The first-order valence-electron chi connectivity index (χ1n) is 8.84. The molecule has 3 N–H and O–H groups in total. The summed E-state index contributed by atoms with van der Waals surface area (Å²) in [5, 5.41) is 31.0. The maximum Gasteiger partial charge on any atom is 0.295 e. The van der Waals surface area contributed by atoms with Crippen molar-refractivity contribution < 1.29 is 32.6 Å². The summed E-state index contributed by atoms with van der Waals surface area (Å²) in [5.74, 6) is -2.14. The third-order valence-corrected chi connectivity index (χ3v) is 5.64. The highest BCUT2D eigenvalue weighted by Gasteiger charge is 2.34. The van der Waals surface area contributed by atoms with Crippen molar-refractivity contribution in [3.63, 3.8) is 0 Å². The summed E-state index contributed by atoms with van der Waals surface area (Å²) in [5.41, 5.74) is -0.300. The number of non-ortho nitro benzene ring substituents is 1. The van der Waals surface area contributed by atoms with Crippen molar-refractivity contribution in [1.29, 1.82) is 0 Å². The highest BCUT2D eigenvalue weighted by atomic mass is 32.2. The summed E-state index contributed by atoms with van der Waals surface area (Å²) in [4.78, 5) is 34.5. The van der Waals surface area contributed by atoms with Crippen molar-refractivity contribution in [2.45, 2.75) is 10.9 Å². The van der Waals surface area contributed by atoms with Gasteiger partial charge in [-0.25, -0.2) is 0 Å². The molecule has 0 aromatic heterocycles. The number of phenols is 1. The second-order valence-corrected chi connectivity index (χ2v) is 8.11. The molecule has 0 spiro atoms. The fraction of sp³-hybridized carbons (Fsp3) is 0.0526. The molecule has 0 saturated heterocycles. The monoisotopic (exact) mass is 456 g/mol. The van der Waals surface area contributed by atoms with Crippen molar-refractivity contribution in [2.75, 3.05) is 5.32 Å². The Hall–Kier alpha value is -4.23. The van der Waals surface area contributed by atoms with Crippen LogP contribution < -0.4 is 5.32 Å². The summed E-state index contributed by atoms with van der Waals surface area (Å²) < 4.78 is 32.9. The van der Waals surface area contributed by atoms with Gasteiger partial charge >= 0.3 is 0 Å². The molecule has 0 saturated carbocycles. The van der Waals surface area contributed by atoms with Gasteiger partial charge in [-0.05, 0) is 18.2 Å². The molecule has 1 unspecified atom stereocenters. The number of ketones is 1. The minimum atomic E-state index is -4.87. The number of nitrogens with one attached hydrogen (secondary N) is 1. The maximum atomic E-state index is 12.6. The normalized spacial score (nSPS) is 16.2. The summed E-state index contributed by atoms with van der Waals surface area (Å²) in [7, 11) is -4.87. The zero-order chi connectivity index (χ0) is 23.2. The Morgan fingerprint density at radius 2 is 1.78 bits per heavy atom. The van der Waals surface area contributed by atoms with E-state index in [1.165, 1.54) is 6.07 Å². The van der Waals surface area contributed by atoms with Crippen molar-refractivity contribution >= 4 is 49.6 Å². The van der Waals surface area contributed by atoms with Gasteiger partial charge < -0.3 is 10.4 Å². The highest BCUT2D eigenvalue weighted by Crippen LogP contribution is 2.41. The van der Waals surface area contributed by atoms with Crippen LogP contribution in [0.2, 0.25) is 0 Å². The number of para-hydroxylation sites is 1. The van der Waals surface area contributed by atoms with E-state index < -0.39 is 49.1 Å². The number of rotatable bonds is 4. The fourth-order valence-electron chi connectivity index (χ4n) is 3.28. The number of benzene rings is 3. The molecule has 32 heavy (non-hydrogen) atoms. The average Bonchev–Trinajstić information content (AvgIpc) is 2.73. The summed E-state index contributed by atoms with van der Waals surface area (Å²) in [6.07, 6.45) is 0. The van der Waals surface area contributed by atoms with Crippen LogP contribution in [0.3, 0.4) is 0 Å². The molecule has 1 amide bonds. The lowest BCUT2D eigenvalue weighted by molar-refractivity contribution is -0.384. The lowest BCUT2D eigenvalue weighted by Gasteiger charge is -2.19. The van der Waals surface area contributed by atoms with Gasteiger partial charge in [-0.15, -0.1) is 0 Å². The van der Waals surface area contributed by atoms with E-state index in [0.29, 0.717) is 11.8 Å². The maximum absolute atomic E-state index is 12.6. The molecule has 0 fully saturated rings. The van der Waals surface area contributed by atoms with E-state index in [-0.39, 0.29) is 22.0 Å². The van der Waals surface area contributed by atoms with Crippen LogP contribution in [0, 0.1) is 10.1 Å². The number of hydrogen-bond acceptors (Lipinski definition) is 9. The second-order valence-electron chi connectivity index (χ2n) is 6.72. The van der Waals surface area contributed by atoms with Crippen LogP contribution in [0.5, 0.6) is 5.75 Å². The van der Waals surface area contributed by atoms with E-state index in [1.807, 2.05) is 0 Å². The smallest absolute Gasteiger partial charge is 0.295 e. The van der Waals surface area contributed by atoms with Gasteiger partial charge in [-0.1, -0.05) is 12.1 Å². The van der Waals surface area contributed by atoms with E-state index in [9.17, 15) is 37.8 Å². The number of hydrogen-bond donors (Lipinski definition) is 3. The van der Waals surface area contributed by atoms with Crippen LogP contribution >= 0.6 is 0 Å². The van der Waals surface area contributed by atoms with Gasteiger partial charge in [0.2, 0.25) is 11.8 Å². The molecule has 1 atom stereocenters. The van der Waals surface area contributed by atoms with Gasteiger partial charge in [-0.3, -0.25) is 24.3 Å². The number of azo groups is 1. The molecule has 4 rings (SSSR count). The Bertz CT molecular complexity index is 1470. The largest absolute Gasteiger partial charge is 0.506 e. The number of Topliss-reactive ketones (excluding diaryl/α,β-unsaturated/α-hetero) is 1. The molecule has 12 nitrogen and oxygen atoms in total. The van der Waals surface area contributed by atoms with Crippen LogP contribution in [0.4, 0.5) is 17.1 Å². The molecule has 1 aliphatic heterocycles. The Morgan fingerprint density at radius 1 is 1.06 bits per heavy atom. The van der Waals surface area contributed by atoms with Gasteiger partial charge in [0.25, 0.3) is 21.7 Å². The Labute approximate surface area is 179 Å². The predicted octanol–water partition coefficient (Wildman–Crippen LogP) is 2.99. The number of aromatic hydroxyl groups is 1. The lowest BCUT2D eigenvalue weighted by Crippen LogP contribution is -2.38. The Balaban J connectivity index is 1.86. The number of nitrogens with zero attached hydrogens (tertiary/aromatic N) is 3. The topological polar surface area (TPSA) is 189 Å². The second kappa shape index (κ2) is 7.47. The number of nitro groups is 1. The Morgan fingerprint density at radius 3 is 2.47 bits per heavy atom. The molecule has 3 aromatic carbocycles. The van der Waals surface area contributed by atoms with Crippen molar-refractivity contribution in [3.05, 3.63) is 64.2 Å². The summed E-state index contributed by atoms with van der Waals surface area (Å²) >= 11 is 0. The van der Waals surface area contributed by atoms with Gasteiger partial charge in [0, 0.05) is 34.5 Å². The number of nitro benzene ring substituents is 1. The van der Waals surface area contributed by atoms with Crippen LogP contribution in [0.25, 0.3) is 10.8 Å². The quantitative estimate of drug-likeness (QED) is 0.175. The van der Waals surface area contributed by atoms with Gasteiger partial charge in [0.1, 0.15) is 16.3 Å². The van der Waals surface area contributed by atoms with Crippen LogP contribution in [0.15, 0.2) is 63.7 Å². The third kappa shape index (κ3) is 3.55. The van der Waals surface area contributed by atoms with Crippen molar-refractivity contribution in [3.8, 4) is 5.75 Å². The molecule has 1 heterocycles. The first kappa shape index (κ1) is 21.0. The molecule has 0 bridgehead atoms. The summed E-state index contributed by atoms with van der Waals surface area (Å²) in [6, 6.07) is 8.36. The third-order valence-electron chi connectivity index (χ3n) is 4.74. The number of carbonyl (C=O) groups excluding carboxylic acids is 2. The van der Waals surface area contributed by atoms with Gasteiger partial charge in [0.05, 0.1) is 10.6 Å². The lowest BCUT2D eigenvalue weighted by atomic mass is 9.98. The number of fused-ring (bicyclic) bond motifs is 2. The summed E-state index contributed by atoms with van der Waals surface area (Å²) in [6.45, 7) is 0. The van der Waals surface area contributed by atoms with Crippen molar-refractivity contribution in [1.82, 2.24) is 0 Å². The van der Waals surface area contributed by atoms with Crippen LogP contribution in [-0.2, 0) is 14.9 Å². The molecule has 1 aliphatic rings. The standard InChI is InChI=1S/C19H12N4O8S/c24-14-8-15(32(29,30)31)12-7-9(23(27)28)5-6-10(12)16(14)21-22-17-18(25)11-3-1-2-4-13(11)20-19(17)26/h1-8,17,24H,(H,20,26)(H,29,30,31). The first-order valence-corrected chi connectivity index (χ1v) is 10.3. The van der Waals surface area contributed by atoms with Crippen molar-refractivity contribution in [2.24, 2.45) is 10.2 Å². The fourth-order valence-corrected chi connectivity index (χ4v) is 3.99. The minimum Gasteiger partial charge on any atom is -0.506 e. The molecule has 162 valence electrons. The number of phenolic OH excluding ortho intramolecular Hbond substituents is 1. The van der Waals surface area contributed by atoms with Gasteiger partial charge in [0.15, 0.2) is 0 Å². The molecule has 0 radical (unpaired) electrons. The number of anilines is 1. The minimum absolute atomic E-state index is 0.115. The Kier molecular flexibility index (Phi) is 4.91. The SMILES string of the molecule is O=C1Nc2ccccc2C(=O)C1N=Nc1c(O)cc(S(=O)(=O)O)c2cc([N+](=O)[O-])ccc12. The van der Waals surface area contributed by atoms with Gasteiger partial charge in [-0.2, -0.15) is 18.6 Å². The zero-order valence-corrected chi connectivity index (χ0v) is 16.6. The van der Waals surface area contributed by atoms with E-state index in [1.54, 1.807) is 18.2 Å². The van der Waals surface area contributed by atoms with E-state index in [0.717, 1.165) is 18.2 Å². The van der Waals surface area contributed by atoms with E-state index >= 15 is 0 Å².